The summed E-state index contributed by atoms with van der Waals surface area (Å²) in [5.74, 6) is -0.341. The summed E-state index contributed by atoms with van der Waals surface area (Å²) in [4.78, 5) is 24.4. The van der Waals surface area contributed by atoms with Gasteiger partial charge in [-0.15, -0.1) is 0 Å². The van der Waals surface area contributed by atoms with Crippen molar-refractivity contribution in [2.75, 3.05) is 10.6 Å². The monoisotopic (exact) mass is 389 g/mol. The Balaban J connectivity index is 1.40. The van der Waals surface area contributed by atoms with E-state index in [1.54, 1.807) is 36.4 Å². The van der Waals surface area contributed by atoms with Crippen LogP contribution in [0.4, 0.5) is 11.4 Å². The first-order valence-electron chi connectivity index (χ1n) is 9.63. The molecule has 29 heavy (non-hydrogen) atoms. The number of nitrogens with one attached hydrogen (secondary N) is 2. The fraction of sp³-hybridized carbons (Fsp3) is 0.217. The molecule has 1 aliphatic carbocycles. The van der Waals surface area contributed by atoms with Crippen LogP contribution in [0.5, 0.6) is 0 Å². The molecular weight excluding hydrogens is 366 g/mol. The molecule has 1 fully saturated rings. The zero-order valence-corrected chi connectivity index (χ0v) is 16.4. The maximum absolute atomic E-state index is 12.3. The number of hydrogen-bond donors (Lipinski definition) is 2. The molecule has 2 amide bonds. The zero-order chi connectivity index (χ0) is 20.4. The average molecular weight is 389 g/mol. The van der Waals surface area contributed by atoms with Crippen LogP contribution in [-0.2, 0) is 4.79 Å². The van der Waals surface area contributed by atoms with E-state index in [-0.39, 0.29) is 17.6 Å². The SMILES string of the molecule is Cc1cc(C=CC(=O)Nc2cccc(NC(=O)c3ccco3)c2)c(C)n1C1CC1. The molecule has 1 aliphatic rings. The third kappa shape index (κ3) is 4.32. The molecule has 3 aromatic rings. The Bertz CT molecular complexity index is 1070. The molecule has 2 N–H and O–H groups in total. The number of benzene rings is 1. The van der Waals surface area contributed by atoms with Crippen LogP contribution < -0.4 is 10.6 Å². The highest BCUT2D eigenvalue weighted by molar-refractivity contribution is 6.04. The lowest BCUT2D eigenvalue weighted by molar-refractivity contribution is -0.111. The summed E-state index contributed by atoms with van der Waals surface area (Å²) in [7, 11) is 0. The fourth-order valence-electron chi connectivity index (χ4n) is 3.49. The van der Waals surface area contributed by atoms with Gasteiger partial charge in [-0.2, -0.15) is 0 Å². The van der Waals surface area contributed by atoms with E-state index in [4.69, 9.17) is 4.42 Å². The number of furan rings is 1. The van der Waals surface area contributed by atoms with E-state index < -0.39 is 0 Å². The number of carbonyl (C=O) groups excluding carboxylic acids is 2. The molecule has 0 radical (unpaired) electrons. The number of nitrogens with zero attached hydrogens (tertiary/aromatic N) is 1. The minimum atomic E-state index is -0.343. The molecule has 6 heteroatoms. The van der Waals surface area contributed by atoms with Gasteiger partial charge in [0, 0.05) is 34.9 Å². The van der Waals surface area contributed by atoms with Gasteiger partial charge in [0.05, 0.1) is 6.26 Å². The topological polar surface area (TPSA) is 76.3 Å². The molecule has 4 rings (SSSR count). The third-order valence-electron chi connectivity index (χ3n) is 4.98. The largest absolute Gasteiger partial charge is 0.459 e. The average Bonchev–Trinajstić information content (AvgIpc) is 3.26. The van der Waals surface area contributed by atoms with E-state index in [0.717, 1.165) is 5.56 Å². The maximum atomic E-state index is 12.3. The first kappa shape index (κ1) is 18.8. The van der Waals surface area contributed by atoms with E-state index >= 15 is 0 Å². The van der Waals surface area contributed by atoms with Crippen molar-refractivity contribution in [1.29, 1.82) is 0 Å². The normalized spacial score (nSPS) is 13.6. The number of hydrogen-bond acceptors (Lipinski definition) is 3. The Hall–Kier alpha value is -3.54. The summed E-state index contributed by atoms with van der Waals surface area (Å²) in [6, 6.07) is 13.0. The van der Waals surface area contributed by atoms with Gasteiger partial charge in [-0.05, 0) is 74.7 Å². The van der Waals surface area contributed by atoms with Crippen molar-refractivity contribution in [2.45, 2.75) is 32.7 Å². The van der Waals surface area contributed by atoms with Crippen LogP contribution in [0.2, 0.25) is 0 Å². The molecule has 0 aliphatic heterocycles. The molecule has 0 atom stereocenters. The Labute approximate surface area is 169 Å². The van der Waals surface area contributed by atoms with Gasteiger partial charge in [0.1, 0.15) is 0 Å². The number of amides is 2. The minimum absolute atomic E-state index is 0.226. The summed E-state index contributed by atoms with van der Waals surface area (Å²) < 4.78 is 7.43. The molecule has 1 aromatic carbocycles. The van der Waals surface area contributed by atoms with Gasteiger partial charge in [-0.3, -0.25) is 9.59 Å². The van der Waals surface area contributed by atoms with Crippen LogP contribution in [0, 0.1) is 13.8 Å². The smallest absolute Gasteiger partial charge is 0.291 e. The Morgan fingerprint density at radius 1 is 1.07 bits per heavy atom. The van der Waals surface area contributed by atoms with Gasteiger partial charge in [0.25, 0.3) is 5.91 Å². The Kier molecular flexibility index (Phi) is 5.08. The van der Waals surface area contributed by atoms with Crippen molar-refractivity contribution in [1.82, 2.24) is 4.57 Å². The molecule has 148 valence electrons. The van der Waals surface area contributed by atoms with Gasteiger partial charge in [0.2, 0.25) is 5.91 Å². The van der Waals surface area contributed by atoms with E-state index in [1.807, 2.05) is 6.08 Å². The van der Waals surface area contributed by atoms with Gasteiger partial charge < -0.3 is 19.6 Å². The second kappa shape index (κ2) is 7.83. The number of carbonyl (C=O) groups is 2. The second-order valence-corrected chi connectivity index (χ2v) is 7.26. The Morgan fingerprint density at radius 3 is 2.52 bits per heavy atom. The summed E-state index contributed by atoms with van der Waals surface area (Å²) in [6.45, 7) is 4.19. The summed E-state index contributed by atoms with van der Waals surface area (Å²) in [5.41, 5.74) is 4.65. The van der Waals surface area contributed by atoms with Crippen molar-refractivity contribution in [3.63, 3.8) is 0 Å². The molecule has 0 spiro atoms. The predicted octanol–water partition coefficient (Wildman–Crippen LogP) is 4.94. The first-order chi connectivity index (χ1) is 14.0. The van der Waals surface area contributed by atoms with Gasteiger partial charge in [0.15, 0.2) is 5.76 Å². The van der Waals surface area contributed by atoms with Crippen molar-refractivity contribution in [2.24, 2.45) is 0 Å². The molecule has 2 aromatic heterocycles. The Morgan fingerprint density at radius 2 is 1.83 bits per heavy atom. The molecule has 0 saturated heterocycles. The lowest BCUT2D eigenvalue weighted by atomic mass is 10.2. The van der Waals surface area contributed by atoms with Crippen LogP contribution >= 0.6 is 0 Å². The molecule has 0 unspecified atom stereocenters. The first-order valence-corrected chi connectivity index (χ1v) is 9.63. The van der Waals surface area contributed by atoms with E-state index in [9.17, 15) is 9.59 Å². The van der Waals surface area contributed by atoms with Crippen molar-refractivity contribution < 1.29 is 14.0 Å². The van der Waals surface area contributed by atoms with Gasteiger partial charge in [-0.1, -0.05) is 6.07 Å². The minimum Gasteiger partial charge on any atom is -0.459 e. The molecular formula is C23H23N3O3. The summed E-state index contributed by atoms with van der Waals surface area (Å²) in [6.07, 6.45) is 7.28. The third-order valence-corrected chi connectivity index (χ3v) is 4.98. The van der Waals surface area contributed by atoms with Crippen LogP contribution in [0.1, 0.15) is 46.4 Å². The van der Waals surface area contributed by atoms with Crippen LogP contribution in [-0.4, -0.2) is 16.4 Å². The summed E-state index contributed by atoms with van der Waals surface area (Å²) in [5, 5.41) is 5.57. The highest BCUT2D eigenvalue weighted by Crippen LogP contribution is 2.38. The van der Waals surface area contributed by atoms with Crippen LogP contribution in [0.3, 0.4) is 0 Å². The highest BCUT2D eigenvalue weighted by atomic mass is 16.3. The number of aryl methyl sites for hydroxylation is 1. The zero-order valence-electron chi connectivity index (χ0n) is 16.4. The molecule has 1 saturated carbocycles. The lowest BCUT2D eigenvalue weighted by Gasteiger charge is -2.07. The van der Waals surface area contributed by atoms with Crippen molar-refractivity contribution >= 4 is 29.3 Å². The molecule has 0 bridgehead atoms. The number of anilines is 2. The predicted molar refractivity (Wildman–Crippen MR) is 113 cm³/mol. The van der Waals surface area contributed by atoms with E-state index in [2.05, 4.69) is 35.1 Å². The van der Waals surface area contributed by atoms with E-state index in [0.29, 0.717) is 17.4 Å². The van der Waals surface area contributed by atoms with Crippen molar-refractivity contribution in [3.05, 3.63) is 77.5 Å². The van der Waals surface area contributed by atoms with Crippen molar-refractivity contribution in [3.8, 4) is 0 Å². The maximum Gasteiger partial charge on any atom is 0.291 e. The standard InChI is InChI=1S/C23H23N3O3/c1-15-13-17(16(2)26(15)20-9-10-20)8-11-22(27)24-18-5-3-6-19(14-18)25-23(28)21-7-4-12-29-21/h3-8,11-14,20H,9-10H2,1-2H3,(H,24,27)(H,25,28). The molecule has 2 heterocycles. The van der Waals surface area contributed by atoms with E-state index in [1.165, 1.54) is 36.6 Å². The number of rotatable bonds is 6. The van der Waals surface area contributed by atoms with Gasteiger partial charge >= 0.3 is 0 Å². The van der Waals surface area contributed by atoms with Crippen LogP contribution in [0.25, 0.3) is 6.08 Å². The molecule has 6 nitrogen and oxygen atoms in total. The van der Waals surface area contributed by atoms with Gasteiger partial charge in [-0.25, -0.2) is 0 Å². The quantitative estimate of drug-likeness (QED) is 0.587. The number of aromatic nitrogens is 1. The fourth-order valence-corrected chi connectivity index (χ4v) is 3.49. The highest BCUT2D eigenvalue weighted by Gasteiger charge is 2.26. The second-order valence-electron chi connectivity index (χ2n) is 7.26. The summed E-state index contributed by atoms with van der Waals surface area (Å²) >= 11 is 0. The lowest BCUT2D eigenvalue weighted by Crippen LogP contribution is -2.12. The van der Waals surface area contributed by atoms with Crippen LogP contribution in [0.15, 0.2) is 59.2 Å².